The third kappa shape index (κ3) is 4.64. The number of aliphatic hydroxyl groups excluding tert-OH is 1. The fraction of sp³-hybridized carbons (Fsp3) is 0.750. The third-order valence-electron chi connectivity index (χ3n) is 5.67. The van der Waals surface area contributed by atoms with Gasteiger partial charge >= 0.3 is 0 Å². The van der Waals surface area contributed by atoms with Crippen molar-refractivity contribution in [3.05, 3.63) is 23.7 Å². The van der Waals surface area contributed by atoms with Crippen LogP contribution < -0.4 is 0 Å². The number of nitrogens with zero attached hydrogens (tertiary/aromatic N) is 2. The second-order valence-electron chi connectivity index (χ2n) is 7.82. The number of amides is 1. The first-order valence-corrected chi connectivity index (χ1v) is 9.83. The SMILES string of the molecule is CCCc1ccc(CN2CCC[C@@]3(CCC(=O)N(CCCO)C3)C2)o1. The van der Waals surface area contributed by atoms with Gasteiger partial charge in [-0.05, 0) is 50.8 Å². The summed E-state index contributed by atoms with van der Waals surface area (Å²) in [5.41, 5.74) is 0.223. The molecule has 0 aliphatic carbocycles. The van der Waals surface area contributed by atoms with E-state index < -0.39 is 0 Å². The minimum atomic E-state index is 0.154. The highest BCUT2D eigenvalue weighted by atomic mass is 16.3. The molecular weight excluding hydrogens is 316 g/mol. The molecule has 0 radical (unpaired) electrons. The van der Waals surface area contributed by atoms with Crippen LogP contribution in [0.5, 0.6) is 0 Å². The third-order valence-corrected chi connectivity index (χ3v) is 5.67. The fourth-order valence-corrected chi connectivity index (χ4v) is 4.45. The molecule has 0 unspecified atom stereocenters. The molecule has 25 heavy (non-hydrogen) atoms. The van der Waals surface area contributed by atoms with Crippen LogP contribution in [0.2, 0.25) is 0 Å². The first-order valence-electron chi connectivity index (χ1n) is 9.83. The van der Waals surface area contributed by atoms with E-state index >= 15 is 0 Å². The molecule has 1 N–H and O–H groups in total. The molecule has 1 amide bonds. The van der Waals surface area contributed by atoms with Crippen molar-refractivity contribution in [3.63, 3.8) is 0 Å². The summed E-state index contributed by atoms with van der Waals surface area (Å²) in [6, 6.07) is 4.22. The second kappa shape index (κ2) is 8.37. The molecule has 3 heterocycles. The number of hydrogen-bond acceptors (Lipinski definition) is 4. The number of carbonyl (C=O) groups excluding carboxylic acids is 1. The first-order chi connectivity index (χ1) is 12.1. The smallest absolute Gasteiger partial charge is 0.222 e. The van der Waals surface area contributed by atoms with Gasteiger partial charge in [0.25, 0.3) is 0 Å². The average molecular weight is 348 g/mol. The van der Waals surface area contributed by atoms with E-state index in [-0.39, 0.29) is 17.9 Å². The van der Waals surface area contributed by atoms with Gasteiger partial charge in [0.1, 0.15) is 11.5 Å². The molecule has 1 aromatic heterocycles. The van der Waals surface area contributed by atoms with Crippen LogP contribution in [0.3, 0.4) is 0 Å². The largest absolute Gasteiger partial charge is 0.465 e. The summed E-state index contributed by atoms with van der Waals surface area (Å²) in [6.45, 7) is 6.88. The Morgan fingerprint density at radius 3 is 2.88 bits per heavy atom. The van der Waals surface area contributed by atoms with Crippen LogP contribution in [0.15, 0.2) is 16.5 Å². The zero-order chi connectivity index (χ0) is 17.7. The molecule has 1 atom stereocenters. The Balaban J connectivity index is 1.60. The summed E-state index contributed by atoms with van der Waals surface area (Å²) in [7, 11) is 0. The van der Waals surface area contributed by atoms with Crippen molar-refractivity contribution in [2.45, 2.75) is 58.4 Å². The van der Waals surface area contributed by atoms with Gasteiger partial charge < -0.3 is 14.4 Å². The highest BCUT2D eigenvalue weighted by Crippen LogP contribution is 2.39. The molecule has 0 aromatic carbocycles. The summed E-state index contributed by atoms with van der Waals surface area (Å²) < 4.78 is 5.96. The van der Waals surface area contributed by atoms with Gasteiger partial charge in [-0.2, -0.15) is 0 Å². The van der Waals surface area contributed by atoms with Crippen molar-refractivity contribution in [2.75, 3.05) is 32.8 Å². The zero-order valence-corrected chi connectivity index (χ0v) is 15.5. The van der Waals surface area contributed by atoms with E-state index in [1.54, 1.807) is 0 Å². The average Bonchev–Trinajstić information content (AvgIpc) is 3.04. The number of likely N-dealkylation sites (tertiary alicyclic amines) is 2. The standard InChI is InChI=1S/C20H32N2O3/c1-2-5-17-6-7-18(25-17)14-21-11-3-9-20(15-21)10-8-19(24)22(16-20)12-4-13-23/h6-7,23H,2-5,8-16H2,1H3/t20-/m1/s1. The number of piperidine rings is 2. The number of hydrogen-bond donors (Lipinski definition) is 1. The summed E-state index contributed by atoms with van der Waals surface area (Å²) in [6.07, 6.45) is 6.83. The molecule has 5 nitrogen and oxygen atoms in total. The van der Waals surface area contributed by atoms with Crippen molar-refractivity contribution in [2.24, 2.45) is 5.41 Å². The molecule has 0 saturated carbocycles. The number of carbonyl (C=O) groups is 1. The Kier molecular flexibility index (Phi) is 6.18. The number of aliphatic hydroxyl groups is 1. The highest BCUT2D eigenvalue weighted by Gasteiger charge is 2.41. The van der Waals surface area contributed by atoms with Gasteiger partial charge in [-0.1, -0.05) is 6.92 Å². The van der Waals surface area contributed by atoms with E-state index in [0.717, 1.165) is 57.0 Å². The van der Waals surface area contributed by atoms with Crippen molar-refractivity contribution in [3.8, 4) is 0 Å². The van der Waals surface area contributed by atoms with Gasteiger partial charge in [0.2, 0.25) is 5.91 Å². The van der Waals surface area contributed by atoms with Gasteiger partial charge in [0.05, 0.1) is 6.54 Å². The monoisotopic (exact) mass is 348 g/mol. The van der Waals surface area contributed by atoms with E-state index in [1.807, 2.05) is 4.90 Å². The Bertz CT molecular complexity index is 571. The van der Waals surface area contributed by atoms with Crippen LogP contribution >= 0.6 is 0 Å². The fourth-order valence-electron chi connectivity index (χ4n) is 4.45. The molecule has 2 saturated heterocycles. The quantitative estimate of drug-likeness (QED) is 0.823. The molecule has 2 fully saturated rings. The van der Waals surface area contributed by atoms with Gasteiger partial charge in [-0.25, -0.2) is 0 Å². The Hall–Kier alpha value is -1.33. The topological polar surface area (TPSA) is 56.9 Å². The summed E-state index contributed by atoms with van der Waals surface area (Å²) >= 11 is 0. The van der Waals surface area contributed by atoms with Crippen LogP contribution in [0.1, 0.15) is 57.0 Å². The van der Waals surface area contributed by atoms with Crippen molar-refractivity contribution >= 4 is 5.91 Å². The van der Waals surface area contributed by atoms with E-state index in [0.29, 0.717) is 19.4 Å². The number of furan rings is 1. The molecule has 0 bridgehead atoms. The molecule has 2 aliphatic rings. The summed E-state index contributed by atoms with van der Waals surface area (Å²) in [5, 5.41) is 9.07. The molecule has 5 heteroatoms. The number of rotatable bonds is 7. The van der Waals surface area contributed by atoms with Crippen molar-refractivity contribution < 1.29 is 14.3 Å². The van der Waals surface area contributed by atoms with Gasteiger partial charge in [0, 0.05) is 44.5 Å². The predicted octanol–water partition coefficient (Wildman–Crippen LogP) is 2.82. The Morgan fingerprint density at radius 2 is 2.08 bits per heavy atom. The molecule has 2 aliphatic heterocycles. The summed E-state index contributed by atoms with van der Waals surface area (Å²) in [5.74, 6) is 2.40. The second-order valence-corrected chi connectivity index (χ2v) is 7.82. The minimum absolute atomic E-state index is 0.154. The van der Waals surface area contributed by atoms with E-state index in [2.05, 4.69) is 24.0 Å². The lowest BCUT2D eigenvalue weighted by Crippen LogP contribution is -2.54. The van der Waals surface area contributed by atoms with E-state index in [4.69, 9.17) is 9.52 Å². The molecular formula is C20H32N2O3. The minimum Gasteiger partial charge on any atom is -0.465 e. The van der Waals surface area contributed by atoms with Crippen molar-refractivity contribution in [1.29, 1.82) is 0 Å². The molecule has 1 aromatic rings. The number of aryl methyl sites for hydroxylation is 1. The Labute approximate surface area is 151 Å². The predicted molar refractivity (Wildman–Crippen MR) is 97.2 cm³/mol. The van der Waals surface area contributed by atoms with Crippen molar-refractivity contribution in [1.82, 2.24) is 9.80 Å². The summed E-state index contributed by atoms with van der Waals surface area (Å²) in [4.78, 5) is 16.7. The molecule has 140 valence electrons. The lowest BCUT2D eigenvalue weighted by atomic mass is 9.73. The maximum atomic E-state index is 12.2. The molecule has 3 rings (SSSR count). The van der Waals surface area contributed by atoms with Crippen LogP contribution in [-0.2, 0) is 17.8 Å². The van der Waals surface area contributed by atoms with Crippen LogP contribution in [-0.4, -0.2) is 53.6 Å². The lowest BCUT2D eigenvalue weighted by molar-refractivity contribution is -0.139. The van der Waals surface area contributed by atoms with E-state index in [1.165, 1.54) is 12.8 Å². The van der Waals surface area contributed by atoms with E-state index in [9.17, 15) is 4.79 Å². The van der Waals surface area contributed by atoms with Crippen LogP contribution in [0.4, 0.5) is 0 Å². The molecule has 1 spiro atoms. The normalized spacial score (nSPS) is 25.0. The maximum Gasteiger partial charge on any atom is 0.222 e. The Morgan fingerprint density at radius 1 is 1.24 bits per heavy atom. The van der Waals surface area contributed by atoms with Gasteiger partial charge in [-0.3, -0.25) is 9.69 Å². The van der Waals surface area contributed by atoms with Crippen LogP contribution in [0.25, 0.3) is 0 Å². The first kappa shape index (κ1) is 18.5. The zero-order valence-electron chi connectivity index (χ0n) is 15.5. The highest BCUT2D eigenvalue weighted by molar-refractivity contribution is 5.77. The van der Waals surface area contributed by atoms with Gasteiger partial charge in [0.15, 0.2) is 0 Å². The van der Waals surface area contributed by atoms with Crippen LogP contribution in [0, 0.1) is 5.41 Å². The lowest BCUT2D eigenvalue weighted by Gasteiger charge is -2.48. The maximum absolute atomic E-state index is 12.2. The van der Waals surface area contributed by atoms with Gasteiger partial charge in [-0.15, -0.1) is 0 Å².